The Hall–Kier alpha value is -4.95. The molecule has 44 heavy (non-hydrogen) atoms. The van der Waals surface area contributed by atoms with Crippen LogP contribution in [0.4, 0.5) is 0 Å². The second-order valence-electron chi connectivity index (χ2n) is 10.7. The zero-order valence-electron chi connectivity index (χ0n) is 25.0. The Labute approximate surface area is 258 Å². The lowest BCUT2D eigenvalue weighted by Crippen LogP contribution is -2.57. The van der Waals surface area contributed by atoms with Crippen LogP contribution in [0.1, 0.15) is 53.4 Å². The van der Waals surface area contributed by atoms with Gasteiger partial charge in [0.15, 0.2) is 0 Å². The topological polar surface area (TPSA) is 117 Å². The van der Waals surface area contributed by atoms with E-state index in [-0.39, 0.29) is 11.9 Å². The summed E-state index contributed by atoms with van der Waals surface area (Å²) >= 11 is 0. The van der Waals surface area contributed by atoms with Gasteiger partial charge < -0.3 is 25.8 Å². The number of hydrogen-bond acceptors (Lipinski definition) is 5. The number of nitrogens with one attached hydrogen (secondary N) is 3. The first-order chi connectivity index (χ1) is 21.3. The fourth-order valence-corrected chi connectivity index (χ4v) is 4.70. The predicted molar refractivity (Wildman–Crippen MR) is 170 cm³/mol. The Balaban J connectivity index is 1.40. The van der Waals surface area contributed by atoms with Crippen LogP contribution in [0.3, 0.4) is 0 Å². The maximum absolute atomic E-state index is 13.4. The number of carbonyl (C=O) groups excluding carboxylic acids is 3. The average molecular weight is 594 g/mol. The van der Waals surface area contributed by atoms with E-state index in [1.165, 1.54) is 6.92 Å². The van der Waals surface area contributed by atoms with Gasteiger partial charge in [-0.15, -0.1) is 0 Å². The van der Waals surface area contributed by atoms with Gasteiger partial charge in [0, 0.05) is 5.56 Å². The first kappa shape index (κ1) is 32.0. The maximum atomic E-state index is 13.4. The summed E-state index contributed by atoms with van der Waals surface area (Å²) in [6, 6.07) is 33.0. The molecule has 0 spiro atoms. The molecule has 0 saturated heterocycles. The van der Waals surface area contributed by atoms with Gasteiger partial charge in [-0.25, -0.2) is 0 Å². The van der Waals surface area contributed by atoms with Crippen LogP contribution in [0.15, 0.2) is 115 Å². The van der Waals surface area contributed by atoms with Gasteiger partial charge >= 0.3 is 0 Å². The summed E-state index contributed by atoms with van der Waals surface area (Å²) in [6.45, 7) is 3.68. The van der Waals surface area contributed by atoms with Crippen molar-refractivity contribution in [3.63, 3.8) is 0 Å². The minimum Gasteiger partial charge on any atom is -0.489 e. The quantitative estimate of drug-likeness (QED) is 0.169. The Morgan fingerprint density at radius 1 is 0.682 bits per heavy atom. The molecule has 4 aromatic carbocycles. The van der Waals surface area contributed by atoms with Crippen molar-refractivity contribution in [3.05, 3.63) is 138 Å². The van der Waals surface area contributed by atoms with E-state index in [0.29, 0.717) is 30.8 Å². The van der Waals surface area contributed by atoms with Crippen molar-refractivity contribution in [2.24, 2.45) is 0 Å². The highest BCUT2D eigenvalue weighted by Gasteiger charge is 2.30. The Bertz CT molecular complexity index is 1480. The molecule has 3 amide bonds. The van der Waals surface area contributed by atoms with Crippen molar-refractivity contribution in [2.75, 3.05) is 0 Å². The minimum atomic E-state index is -1.28. The monoisotopic (exact) mass is 593 g/mol. The van der Waals surface area contributed by atoms with E-state index in [9.17, 15) is 19.5 Å². The minimum absolute atomic E-state index is 0.285. The number of aliphatic hydroxyl groups excluding tert-OH is 1. The molecular weight excluding hydrogens is 554 g/mol. The standard InChI is InChI=1S/C36H39N3O5/c1-25(29-16-10-5-11-17-29)37-35(42)32(23-18-27-12-6-3-7-13-27)38-36(43)33(26(2)40)39-34(41)30-19-21-31(22-20-30)44-24-28-14-8-4-9-15-28/h3-17,19-22,25-26,32-33,40H,18,23-24H2,1-2H3,(H,37,42)(H,38,43)(H,39,41)/t25?,26-,32+,33+/m1/s1. The van der Waals surface area contributed by atoms with E-state index in [0.717, 1.165) is 16.7 Å². The molecule has 8 heteroatoms. The molecule has 4 atom stereocenters. The summed E-state index contributed by atoms with van der Waals surface area (Å²) in [5, 5.41) is 18.8. The fourth-order valence-electron chi connectivity index (χ4n) is 4.70. The van der Waals surface area contributed by atoms with Gasteiger partial charge in [-0.2, -0.15) is 0 Å². The van der Waals surface area contributed by atoms with Gasteiger partial charge in [-0.1, -0.05) is 91.0 Å². The molecule has 0 aliphatic carbocycles. The highest BCUT2D eigenvalue weighted by Crippen LogP contribution is 2.16. The van der Waals surface area contributed by atoms with Crippen LogP contribution in [0.25, 0.3) is 0 Å². The second kappa shape index (κ2) is 16.0. The van der Waals surface area contributed by atoms with Crippen LogP contribution in [0.5, 0.6) is 5.75 Å². The van der Waals surface area contributed by atoms with E-state index < -0.39 is 30.0 Å². The average Bonchev–Trinajstić information content (AvgIpc) is 3.05. The van der Waals surface area contributed by atoms with Crippen molar-refractivity contribution in [2.45, 2.75) is 57.5 Å². The lowest BCUT2D eigenvalue weighted by Gasteiger charge is -2.26. The first-order valence-electron chi connectivity index (χ1n) is 14.8. The van der Waals surface area contributed by atoms with Gasteiger partial charge in [0.05, 0.1) is 12.1 Å². The number of amides is 3. The highest BCUT2D eigenvalue weighted by molar-refractivity contribution is 5.98. The summed E-state index contributed by atoms with van der Waals surface area (Å²) < 4.78 is 5.79. The molecule has 1 unspecified atom stereocenters. The zero-order valence-corrected chi connectivity index (χ0v) is 25.0. The molecule has 0 aromatic heterocycles. The summed E-state index contributed by atoms with van der Waals surface area (Å²) in [7, 11) is 0. The number of benzene rings is 4. The maximum Gasteiger partial charge on any atom is 0.252 e. The number of hydrogen-bond donors (Lipinski definition) is 4. The smallest absolute Gasteiger partial charge is 0.252 e. The van der Waals surface area contributed by atoms with E-state index in [2.05, 4.69) is 16.0 Å². The Morgan fingerprint density at radius 3 is 1.84 bits per heavy atom. The van der Waals surface area contributed by atoms with Gasteiger partial charge in [0.2, 0.25) is 11.8 Å². The number of carbonyl (C=O) groups is 3. The third-order valence-corrected chi connectivity index (χ3v) is 7.27. The number of aryl methyl sites for hydroxylation is 1. The molecule has 0 saturated carbocycles. The number of rotatable bonds is 14. The van der Waals surface area contributed by atoms with Gasteiger partial charge in [0.1, 0.15) is 24.4 Å². The molecule has 4 aromatic rings. The SMILES string of the molecule is CC(NC(=O)[C@H](CCc1ccccc1)NC(=O)[C@@H](NC(=O)c1ccc(OCc2ccccc2)cc1)[C@@H](C)O)c1ccccc1. The zero-order chi connectivity index (χ0) is 31.3. The van der Waals surface area contributed by atoms with Crippen molar-refractivity contribution in [1.29, 1.82) is 0 Å². The molecule has 0 bridgehead atoms. The molecule has 0 fully saturated rings. The Kier molecular flexibility index (Phi) is 11.7. The van der Waals surface area contributed by atoms with Crippen LogP contribution >= 0.6 is 0 Å². The van der Waals surface area contributed by atoms with Crippen LogP contribution in [-0.4, -0.2) is 41.0 Å². The van der Waals surface area contributed by atoms with Crippen molar-refractivity contribution in [3.8, 4) is 5.75 Å². The first-order valence-corrected chi connectivity index (χ1v) is 14.8. The van der Waals surface area contributed by atoms with Crippen LogP contribution in [0.2, 0.25) is 0 Å². The van der Waals surface area contributed by atoms with Gasteiger partial charge in [0.25, 0.3) is 5.91 Å². The molecule has 228 valence electrons. The second-order valence-corrected chi connectivity index (χ2v) is 10.7. The summed E-state index contributed by atoms with van der Waals surface area (Å²) in [4.78, 5) is 39.9. The normalized spacial score (nSPS) is 13.5. The molecule has 8 nitrogen and oxygen atoms in total. The lowest BCUT2D eigenvalue weighted by atomic mass is 10.0. The molecule has 0 heterocycles. The third kappa shape index (κ3) is 9.54. The highest BCUT2D eigenvalue weighted by atomic mass is 16.5. The van der Waals surface area contributed by atoms with E-state index in [4.69, 9.17) is 4.74 Å². The Morgan fingerprint density at radius 2 is 1.25 bits per heavy atom. The van der Waals surface area contributed by atoms with Gasteiger partial charge in [-0.05, 0) is 67.6 Å². The molecule has 0 radical (unpaired) electrons. The number of ether oxygens (including phenoxy) is 1. The van der Waals surface area contributed by atoms with E-state index in [1.54, 1.807) is 24.3 Å². The molecule has 4 rings (SSSR count). The van der Waals surface area contributed by atoms with E-state index in [1.807, 2.05) is 97.9 Å². The lowest BCUT2D eigenvalue weighted by molar-refractivity contribution is -0.131. The largest absolute Gasteiger partial charge is 0.489 e. The van der Waals surface area contributed by atoms with Crippen LogP contribution < -0.4 is 20.7 Å². The molecule has 0 aliphatic heterocycles. The third-order valence-electron chi connectivity index (χ3n) is 7.27. The summed E-state index contributed by atoms with van der Waals surface area (Å²) in [5.74, 6) is -0.958. The predicted octanol–water partition coefficient (Wildman–Crippen LogP) is 4.74. The molecule has 0 aliphatic rings. The van der Waals surface area contributed by atoms with Crippen LogP contribution in [-0.2, 0) is 22.6 Å². The molecule has 4 N–H and O–H groups in total. The number of aliphatic hydroxyl groups is 1. The van der Waals surface area contributed by atoms with Crippen molar-refractivity contribution >= 4 is 17.7 Å². The van der Waals surface area contributed by atoms with Crippen molar-refractivity contribution in [1.82, 2.24) is 16.0 Å². The van der Waals surface area contributed by atoms with E-state index >= 15 is 0 Å². The van der Waals surface area contributed by atoms with Gasteiger partial charge in [-0.3, -0.25) is 14.4 Å². The summed E-state index contributed by atoms with van der Waals surface area (Å²) in [6.07, 6.45) is -0.342. The molecular formula is C36H39N3O5. The summed E-state index contributed by atoms with van der Waals surface area (Å²) in [5.41, 5.74) is 3.27. The fraction of sp³-hybridized carbons (Fsp3) is 0.250. The van der Waals surface area contributed by atoms with Crippen LogP contribution in [0, 0.1) is 0 Å². The van der Waals surface area contributed by atoms with Crippen molar-refractivity contribution < 1.29 is 24.2 Å².